The number of rotatable bonds is 3. The fourth-order valence-corrected chi connectivity index (χ4v) is 4.76. The average Bonchev–Trinajstić information content (AvgIpc) is 3.24. The summed E-state index contributed by atoms with van der Waals surface area (Å²) in [5, 5.41) is 3.00. The maximum atomic E-state index is 13.8. The highest BCUT2D eigenvalue weighted by molar-refractivity contribution is 5.76. The van der Waals surface area contributed by atoms with Crippen LogP contribution in [0.3, 0.4) is 0 Å². The van der Waals surface area contributed by atoms with Crippen LogP contribution in [0.25, 0.3) is 0 Å². The number of likely N-dealkylation sites (tertiary alicyclic amines) is 2. The van der Waals surface area contributed by atoms with E-state index in [1.807, 2.05) is 41.0 Å². The number of nitrogens with zero attached hydrogens (tertiary/aromatic N) is 2. The number of amides is 3. The fraction of sp³-hybridized carbons (Fsp3) is 0.391. The summed E-state index contributed by atoms with van der Waals surface area (Å²) < 4.78 is 13.8. The number of benzene rings is 2. The Bertz CT molecular complexity index is 932. The van der Waals surface area contributed by atoms with E-state index in [4.69, 9.17) is 0 Å². The van der Waals surface area contributed by atoms with Gasteiger partial charge in [-0.15, -0.1) is 0 Å². The number of fused-ring (bicyclic) bond motifs is 1. The second-order valence-corrected chi connectivity index (χ2v) is 8.15. The molecule has 2 aromatic carbocycles. The Hall–Kier alpha value is -2.89. The largest absolute Gasteiger partial charge is 0.335 e. The van der Waals surface area contributed by atoms with Gasteiger partial charge in [-0.05, 0) is 30.2 Å². The second kappa shape index (κ2) is 7.85. The van der Waals surface area contributed by atoms with E-state index in [9.17, 15) is 14.0 Å². The van der Waals surface area contributed by atoms with Crippen LogP contribution in [0.1, 0.15) is 29.7 Å². The van der Waals surface area contributed by atoms with Crippen molar-refractivity contribution in [1.29, 1.82) is 0 Å². The Morgan fingerprint density at radius 2 is 1.90 bits per heavy atom. The summed E-state index contributed by atoms with van der Waals surface area (Å²) >= 11 is 0. The van der Waals surface area contributed by atoms with Crippen molar-refractivity contribution in [3.05, 3.63) is 71.0 Å². The lowest BCUT2D eigenvalue weighted by atomic mass is 9.89. The molecule has 1 N–H and O–H groups in total. The first kappa shape index (κ1) is 19.4. The predicted molar refractivity (Wildman–Crippen MR) is 108 cm³/mol. The van der Waals surface area contributed by atoms with Crippen LogP contribution >= 0.6 is 0 Å². The van der Waals surface area contributed by atoms with Crippen molar-refractivity contribution in [3.63, 3.8) is 0 Å². The molecule has 3 atom stereocenters. The molecule has 2 fully saturated rings. The lowest BCUT2D eigenvalue weighted by Crippen LogP contribution is -2.41. The molecule has 29 heavy (non-hydrogen) atoms. The fourth-order valence-electron chi connectivity index (χ4n) is 4.76. The van der Waals surface area contributed by atoms with E-state index in [2.05, 4.69) is 11.4 Å². The molecule has 2 aromatic rings. The summed E-state index contributed by atoms with van der Waals surface area (Å²) in [5.74, 6) is 0.00613. The third kappa shape index (κ3) is 3.97. The minimum Gasteiger partial charge on any atom is -0.335 e. The molecule has 2 saturated heterocycles. The van der Waals surface area contributed by atoms with Crippen LogP contribution in [0.2, 0.25) is 0 Å². The first-order valence-electron chi connectivity index (χ1n) is 10.0. The van der Waals surface area contributed by atoms with E-state index < -0.39 is 0 Å². The number of hydrogen-bond acceptors (Lipinski definition) is 2. The molecule has 152 valence electrons. The molecule has 3 amide bonds. The van der Waals surface area contributed by atoms with Crippen LogP contribution in [-0.4, -0.2) is 41.4 Å². The smallest absolute Gasteiger partial charge is 0.317 e. The van der Waals surface area contributed by atoms with Gasteiger partial charge in [0.25, 0.3) is 0 Å². The van der Waals surface area contributed by atoms with Gasteiger partial charge in [0.15, 0.2) is 0 Å². The first-order chi connectivity index (χ1) is 13.9. The lowest BCUT2D eigenvalue weighted by molar-refractivity contribution is -0.130. The molecule has 0 aromatic heterocycles. The number of carbonyl (C=O) groups excluding carboxylic acids is 2. The molecule has 6 heteroatoms. The van der Waals surface area contributed by atoms with Gasteiger partial charge in [-0.1, -0.05) is 42.0 Å². The van der Waals surface area contributed by atoms with Gasteiger partial charge >= 0.3 is 6.03 Å². The maximum absolute atomic E-state index is 13.8. The molecule has 0 saturated carbocycles. The SMILES string of the molecule is CC(=O)N1C[C@H]2CN(C(=O)NCc3cccc(C)c3)C[C@H]2[C@@H]1c1cccc(F)c1. The third-order valence-corrected chi connectivity index (χ3v) is 6.07. The Morgan fingerprint density at radius 1 is 1.10 bits per heavy atom. The quantitative estimate of drug-likeness (QED) is 0.865. The third-order valence-electron chi connectivity index (χ3n) is 6.07. The molecule has 0 radical (unpaired) electrons. The van der Waals surface area contributed by atoms with Crippen LogP contribution < -0.4 is 5.32 Å². The molecule has 2 aliphatic heterocycles. The monoisotopic (exact) mass is 395 g/mol. The summed E-state index contributed by atoms with van der Waals surface area (Å²) in [6, 6.07) is 14.2. The van der Waals surface area contributed by atoms with Crippen molar-refractivity contribution in [2.45, 2.75) is 26.4 Å². The number of hydrogen-bond donors (Lipinski definition) is 1. The molecular weight excluding hydrogens is 369 g/mol. The molecule has 0 spiro atoms. The van der Waals surface area contributed by atoms with E-state index in [0.717, 1.165) is 16.7 Å². The highest BCUT2D eigenvalue weighted by Gasteiger charge is 2.49. The molecule has 4 rings (SSSR count). The molecule has 5 nitrogen and oxygen atoms in total. The Labute approximate surface area is 170 Å². The van der Waals surface area contributed by atoms with E-state index in [-0.39, 0.29) is 35.6 Å². The van der Waals surface area contributed by atoms with Gasteiger partial charge < -0.3 is 15.1 Å². The van der Waals surface area contributed by atoms with Gasteiger partial charge in [0.05, 0.1) is 6.04 Å². The molecule has 0 bridgehead atoms. The van der Waals surface area contributed by atoms with E-state index in [0.29, 0.717) is 26.2 Å². The Kier molecular flexibility index (Phi) is 5.26. The molecule has 2 heterocycles. The summed E-state index contributed by atoms with van der Waals surface area (Å²) in [4.78, 5) is 28.6. The van der Waals surface area contributed by atoms with E-state index in [1.165, 1.54) is 12.1 Å². The van der Waals surface area contributed by atoms with Crippen LogP contribution in [0.4, 0.5) is 9.18 Å². The average molecular weight is 395 g/mol. The summed E-state index contributed by atoms with van der Waals surface area (Å²) in [5.41, 5.74) is 3.03. The van der Waals surface area contributed by atoms with Gasteiger partial charge in [-0.2, -0.15) is 0 Å². The minimum absolute atomic E-state index is 0.0101. The summed E-state index contributed by atoms with van der Waals surface area (Å²) in [6.45, 7) is 5.84. The van der Waals surface area contributed by atoms with Crippen LogP contribution in [0, 0.1) is 24.6 Å². The number of nitrogens with one attached hydrogen (secondary N) is 1. The van der Waals surface area contributed by atoms with Crippen molar-refractivity contribution < 1.29 is 14.0 Å². The minimum atomic E-state index is -0.305. The Balaban J connectivity index is 1.46. The van der Waals surface area contributed by atoms with Crippen molar-refractivity contribution in [2.75, 3.05) is 19.6 Å². The Morgan fingerprint density at radius 3 is 2.62 bits per heavy atom. The van der Waals surface area contributed by atoms with Gasteiger partial charge in [0.2, 0.25) is 5.91 Å². The highest BCUT2D eigenvalue weighted by Crippen LogP contribution is 2.45. The van der Waals surface area contributed by atoms with Crippen LogP contribution in [0.15, 0.2) is 48.5 Å². The first-order valence-corrected chi connectivity index (χ1v) is 10.0. The van der Waals surface area contributed by atoms with Gasteiger partial charge in [0, 0.05) is 44.9 Å². The number of halogens is 1. The topological polar surface area (TPSA) is 52.7 Å². The zero-order valence-corrected chi connectivity index (χ0v) is 16.8. The molecule has 0 aliphatic carbocycles. The number of aryl methyl sites for hydroxylation is 1. The lowest BCUT2D eigenvalue weighted by Gasteiger charge is -2.29. The van der Waals surface area contributed by atoms with Gasteiger partial charge in [-0.3, -0.25) is 4.79 Å². The highest BCUT2D eigenvalue weighted by atomic mass is 19.1. The molecule has 2 aliphatic rings. The number of urea groups is 1. The molecule has 0 unspecified atom stereocenters. The van der Waals surface area contributed by atoms with Crippen molar-refractivity contribution >= 4 is 11.9 Å². The molecular formula is C23H26FN3O2. The zero-order valence-electron chi connectivity index (χ0n) is 16.8. The predicted octanol–water partition coefficient (Wildman–Crippen LogP) is 3.50. The normalized spacial score (nSPS) is 23.2. The second-order valence-electron chi connectivity index (χ2n) is 8.15. The van der Waals surface area contributed by atoms with Crippen LogP contribution in [0.5, 0.6) is 0 Å². The van der Waals surface area contributed by atoms with Gasteiger partial charge in [0.1, 0.15) is 5.82 Å². The van der Waals surface area contributed by atoms with E-state index >= 15 is 0 Å². The summed E-state index contributed by atoms with van der Waals surface area (Å²) in [7, 11) is 0. The van der Waals surface area contributed by atoms with Crippen molar-refractivity contribution in [2.24, 2.45) is 11.8 Å². The van der Waals surface area contributed by atoms with Crippen molar-refractivity contribution in [3.8, 4) is 0 Å². The number of carbonyl (C=O) groups is 2. The van der Waals surface area contributed by atoms with E-state index in [1.54, 1.807) is 13.0 Å². The summed E-state index contributed by atoms with van der Waals surface area (Å²) in [6.07, 6.45) is 0. The maximum Gasteiger partial charge on any atom is 0.317 e. The van der Waals surface area contributed by atoms with Crippen molar-refractivity contribution in [1.82, 2.24) is 15.1 Å². The van der Waals surface area contributed by atoms with Gasteiger partial charge in [-0.25, -0.2) is 9.18 Å². The zero-order chi connectivity index (χ0) is 20.5. The van der Waals surface area contributed by atoms with Crippen LogP contribution in [-0.2, 0) is 11.3 Å². The standard InChI is InChI=1S/C23H26FN3O2/c1-15-5-3-6-17(9-15)11-25-23(29)26-12-19-13-27(16(2)28)22(21(19)14-26)18-7-4-8-20(24)10-18/h3-10,19,21-22H,11-14H2,1-2H3,(H,25,29)/t19-,21-,22+/m1/s1.